The minimum Gasteiger partial charge on any atom is -0.619 e. The second-order valence-corrected chi connectivity index (χ2v) is 16.0. The lowest BCUT2D eigenvalue weighted by atomic mass is 9.80. The highest BCUT2D eigenvalue weighted by molar-refractivity contribution is 6.43. The number of nitrogens with zero attached hydrogens (tertiary/aromatic N) is 4. The number of hydrogen-bond acceptors (Lipinski definition) is 8. The van der Waals surface area contributed by atoms with Crippen LogP contribution in [0.1, 0.15) is 106 Å². The van der Waals surface area contributed by atoms with E-state index in [1.165, 1.54) is 34.6 Å². The molecular weight excluding hydrogens is 737 g/mol. The number of imide groups is 2. The topological polar surface area (TPSA) is 147 Å². The Morgan fingerprint density at radius 2 is 0.879 bits per heavy atom. The van der Waals surface area contributed by atoms with Crippen LogP contribution in [0.15, 0.2) is 85.5 Å². The van der Waals surface area contributed by atoms with E-state index in [1.54, 1.807) is 48.5 Å². The molecule has 0 saturated heterocycles. The van der Waals surface area contributed by atoms with Gasteiger partial charge in [-0.3, -0.25) is 29.0 Å². The number of carbonyl (C=O) groups is 4. The Labute approximate surface area is 331 Å². The van der Waals surface area contributed by atoms with Gasteiger partial charge in [0.2, 0.25) is 12.4 Å². The molecule has 11 rings (SSSR count). The highest BCUT2D eigenvalue weighted by Gasteiger charge is 2.42. The molecule has 2 aromatic heterocycles. The van der Waals surface area contributed by atoms with Crippen molar-refractivity contribution in [3.63, 3.8) is 0 Å². The number of pyridine rings is 2. The Kier molecular flexibility index (Phi) is 7.63. The van der Waals surface area contributed by atoms with E-state index in [1.807, 2.05) is 12.1 Å². The van der Waals surface area contributed by atoms with Gasteiger partial charge in [-0.2, -0.15) is 9.46 Å². The fourth-order valence-corrected chi connectivity index (χ4v) is 10.2. The minimum atomic E-state index is -0.416. The first-order chi connectivity index (χ1) is 28.3. The van der Waals surface area contributed by atoms with E-state index in [2.05, 4.69) is 0 Å². The van der Waals surface area contributed by atoms with Crippen LogP contribution in [-0.2, 0) is 0 Å². The van der Waals surface area contributed by atoms with Crippen LogP contribution < -0.4 is 18.9 Å². The van der Waals surface area contributed by atoms with Crippen LogP contribution in [0.4, 0.5) is 0 Å². The second-order valence-electron chi connectivity index (χ2n) is 16.0. The largest absolute Gasteiger partial charge is 0.619 e. The molecule has 2 aliphatic heterocycles. The number of carbonyl (C=O) groups excluding carboxylic acids is 4. The van der Waals surface area contributed by atoms with E-state index in [9.17, 15) is 29.6 Å². The summed E-state index contributed by atoms with van der Waals surface area (Å²) in [7, 11) is 0. The van der Waals surface area contributed by atoms with Crippen molar-refractivity contribution in [1.29, 1.82) is 0 Å². The van der Waals surface area contributed by atoms with Gasteiger partial charge in [-0.15, -0.1) is 0 Å². The van der Waals surface area contributed by atoms with E-state index in [0.29, 0.717) is 74.8 Å². The highest BCUT2D eigenvalue weighted by atomic mass is 16.5. The molecule has 5 aromatic carbocycles. The number of ether oxygens (including phenoxy) is 2. The van der Waals surface area contributed by atoms with E-state index in [4.69, 9.17) is 9.47 Å². The van der Waals surface area contributed by atoms with Crippen LogP contribution in [0, 0.1) is 10.4 Å². The van der Waals surface area contributed by atoms with Crippen molar-refractivity contribution >= 4 is 66.7 Å². The highest BCUT2D eigenvalue weighted by Crippen LogP contribution is 2.53. The van der Waals surface area contributed by atoms with Crippen LogP contribution in [0.2, 0.25) is 0 Å². The molecule has 0 unspecified atom stereocenters. The lowest BCUT2D eigenvalue weighted by Crippen LogP contribution is -2.48. The molecule has 4 heterocycles. The van der Waals surface area contributed by atoms with Gasteiger partial charge in [-0.05, 0) is 72.9 Å². The lowest BCUT2D eigenvalue weighted by Gasteiger charge is -2.37. The van der Waals surface area contributed by atoms with Crippen molar-refractivity contribution in [2.24, 2.45) is 0 Å². The fraction of sp³-hybridized carbons (Fsp3) is 0.261. The summed E-state index contributed by atoms with van der Waals surface area (Å²) in [6, 6.07) is 16.4. The maximum Gasteiger partial charge on any atom is 0.261 e. The maximum absolute atomic E-state index is 14.7. The van der Waals surface area contributed by atoms with Crippen LogP contribution >= 0.6 is 0 Å². The average molecular weight is 773 g/mol. The van der Waals surface area contributed by atoms with Crippen LogP contribution in [0.5, 0.6) is 23.0 Å². The van der Waals surface area contributed by atoms with Crippen molar-refractivity contribution in [3.8, 4) is 23.0 Å². The van der Waals surface area contributed by atoms with Gasteiger partial charge in [0.25, 0.3) is 23.6 Å². The molecule has 12 nitrogen and oxygen atoms in total. The molecular formula is C46H36N4O8. The normalized spacial score (nSPS) is 17.7. The number of rotatable bonds is 6. The molecule has 288 valence electrons. The quantitative estimate of drug-likeness (QED) is 0.0538. The van der Waals surface area contributed by atoms with E-state index < -0.39 is 11.8 Å². The monoisotopic (exact) mass is 772 g/mol. The molecule has 12 heteroatoms. The molecule has 0 bridgehead atoms. The van der Waals surface area contributed by atoms with Gasteiger partial charge in [0, 0.05) is 67.7 Å². The Bertz CT molecular complexity index is 2750. The van der Waals surface area contributed by atoms with Gasteiger partial charge in [0.15, 0.2) is 23.9 Å². The van der Waals surface area contributed by atoms with Gasteiger partial charge in [-0.1, -0.05) is 50.7 Å². The Hall–Kier alpha value is -6.82. The van der Waals surface area contributed by atoms with E-state index in [-0.39, 0.29) is 46.9 Å². The Morgan fingerprint density at radius 1 is 0.483 bits per heavy atom. The Balaban J connectivity index is 1.26. The molecule has 58 heavy (non-hydrogen) atoms. The third-order valence-corrected chi connectivity index (χ3v) is 12.7. The molecule has 4 amide bonds. The van der Waals surface area contributed by atoms with Crippen molar-refractivity contribution in [1.82, 2.24) is 9.80 Å². The first-order valence-electron chi connectivity index (χ1n) is 20.0. The molecule has 0 radical (unpaired) electrons. The van der Waals surface area contributed by atoms with Crippen LogP contribution in [0.3, 0.4) is 0 Å². The van der Waals surface area contributed by atoms with E-state index in [0.717, 1.165) is 64.2 Å². The SMILES string of the molecule is O=C1c2ccc3c4c(Oc5ccc[n+]([O-])c5)cc5c6c(ccc(c7c(Oc8ccc[n+]([O-])c8)cc(c2c37)C(=O)N1C1CCCCC1)c64)C(=O)N(C1CCCCC1)C5=O. The molecule has 4 aliphatic rings. The van der Waals surface area contributed by atoms with Gasteiger partial charge in [0.1, 0.15) is 11.5 Å². The summed E-state index contributed by atoms with van der Waals surface area (Å²) in [6.07, 6.45) is 13.9. The zero-order valence-electron chi connectivity index (χ0n) is 31.4. The lowest BCUT2D eigenvalue weighted by molar-refractivity contribution is -0.605. The van der Waals surface area contributed by atoms with Gasteiger partial charge < -0.3 is 19.9 Å². The third-order valence-electron chi connectivity index (χ3n) is 12.7. The minimum absolute atomic E-state index is 0.225. The summed E-state index contributed by atoms with van der Waals surface area (Å²) in [6.45, 7) is 0. The molecule has 0 atom stereocenters. The number of amides is 4. The predicted molar refractivity (Wildman–Crippen MR) is 213 cm³/mol. The predicted octanol–water partition coefficient (Wildman–Crippen LogP) is 8.45. The first kappa shape index (κ1) is 34.4. The third kappa shape index (κ3) is 4.99. The maximum atomic E-state index is 14.7. The van der Waals surface area contributed by atoms with Crippen molar-refractivity contribution < 1.29 is 38.1 Å². The number of hydrogen-bond donors (Lipinski definition) is 0. The fourth-order valence-electron chi connectivity index (χ4n) is 10.2. The van der Waals surface area contributed by atoms with Gasteiger partial charge in [-0.25, -0.2) is 0 Å². The summed E-state index contributed by atoms with van der Waals surface area (Å²) >= 11 is 0. The van der Waals surface area contributed by atoms with Crippen LogP contribution in [0.25, 0.3) is 43.1 Å². The zero-order chi connectivity index (χ0) is 39.4. The summed E-state index contributed by atoms with van der Waals surface area (Å²) in [5.41, 5.74) is 1.35. The van der Waals surface area contributed by atoms with E-state index >= 15 is 0 Å². The van der Waals surface area contributed by atoms with Crippen molar-refractivity contribution in [2.75, 3.05) is 0 Å². The molecule has 0 N–H and O–H groups in total. The van der Waals surface area contributed by atoms with Gasteiger partial charge in [0.05, 0.1) is 11.1 Å². The first-order valence-corrected chi connectivity index (χ1v) is 20.0. The number of benzene rings is 5. The molecule has 2 fully saturated rings. The van der Waals surface area contributed by atoms with Crippen molar-refractivity contribution in [2.45, 2.75) is 76.3 Å². The Morgan fingerprint density at radius 3 is 1.28 bits per heavy atom. The number of fused-ring (bicyclic) bond motifs is 2. The van der Waals surface area contributed by atoms with Gasteiger partial charge >= 0.3 is 0 Å². The summed E-state index contributed by atoms with van der Waals surface area (Å²) < 4.78 is 14.4. The second kappa shape index (κ2) is 12.9. The summed E-state index contributed by atoms with van der Waals surface area (Å²) in [5.74, 6) is -0.574. The molecule has 2 saturated carbocycles. The zero-order valence-corrected chi connectivity index (χ0v) is 31.4. The summed E-state index contributed by atoms with van der Waals surface area (Å²) in [5, 5.41) is 29.3. The van der Waals surface area contributed by atoms with Crippen LogP contribution in [-0.4, -0.2) is 45.5 Å². The summed E-state index contributed by atoms with van der Waals surface area (Å²) in [4.78, 5) is 61.2. The molecule has 2 aliphatic carbocycles. The smallest absolute Gasteiger partial charge is 0.261 e. The molecule has 7 aromatic rings. The number of aromatic nitrogens is 2. The molecule has 0 spiro atoms. The van der Waals surface area contributed by atoms with Crippen molar-refractivity contribution in [3.05, 3.63) is 118 Å². The average Bonchev–Trinajstić information content (AvgIpc) is 3.23. The standard InChI is InChI=1S/C46H36N4O8/c51-43-31-17-15-29-40-36(58-28-14-8-20-48(56)24-28)22-34-38-32(44(52)50(46(34)54)26-11-5-2-6-12-26)18-16-30(42(38)40)39-35(57-27-13-7-19-47(55)23-27)21-33(37(31)41(29)39)45(53)49(43)25-9-3-1-4-10-25/h7-8,13-26H,1-6,9-12H2.